The molecule has 3 heterocycles. The minimum absolute atomic E-state index is 0.0426. The number of fused-ring (bicyclic) bond motifs is 1. The molecule has 2 aromatic heterocycles. The van der Waals surface area contributed by atoms with Crippen LogP contribution in [-0.2, 0) is 31.6 Å². The van der Waals surface area contributed by atoms with Crippen LogP contribution in [0.25, 0.3) is 11.2 Å². The van der Waals surface area contributed by atoms with Gasteiger partial charge in [-0.15, -0.1) is 0 Å². The quantitative estimate of drug-likeness (QED) is 0.0798. The Bertz CT molecular complexity index is 1370. The molecule has 0 saturated carbocycles. The molecule has 3 unspecified atom stereocenters. The first-order chi connectivity index (χ1) is 21.6. The Kier molecular flexibility index (Phi) is 16.4. The molecule has 3 rings (SSSR count). The number of ether oxygens (including phenoxy) is 1. The van der Waals surface area contributed by atoms with Gasteiger partial charge in [-0.1, -0.05) is 0 Å². The van der Waals surface area contributed by atoms with Crippen LogP contribution in [-0.4, -0.2) is 156 Å². The number of aromatic nitrogens is 4. The average Bonchev–Trinajstić information content (AvgIpc) is 3.55. The Hall–Kier alpha value is -1.68. The van der Waals surface area contributed by atoms with Gasteiger partial charge in [-0.3, -0.25) is 9.09 Å². The molecule has 0 aliphatic carbocycles. The summed E-state index contributed by atoms with van der Waals surface area (Å²) in [7, 11) is -16.7. The molecule has 0 bridgehead atoms. The summed E-state index contributed by atoms with van der Waals surface area (Å²) in [6, 6.07) is 0. The molecular weight excluding hydrogens is 711 g/mol. The van der Waals surface area contributed by atoms with Crippen molar-refractivity contribution >= 4 is 40.4 Å². The smallest absolute Gasteiger partial charge is 0.394 e. The fourth-order valence-corrected chi connectivity index (χ4v) is 5.95. The van der Waals surface area contributed by atoms with Crippen LogP contribution < -0.4 is 17.2 Å². The number of phosphoric acid groups is 3. The summed E-state index contributed by atoms with van der Waals surface area (Å²) in [6.45, 7) is -3.37. The molecule has 47 heavy (non-hydrogen) atoms. The van der Waals surface area contributed by atoms with Crippen molar-refractivity contribution in [1.29, 1.82) is 0 Å². The Morgan fingerprint density at radius 2 is 1.28 bits per heavy atom. The topological polar surface area (TPSA) is 453 Å². The Morgan fingerprint density at radius 1 is 0.787 bits per heavy atom. The van der Waals surface area contributed by atoms with E-state index in [4.69, 9.17) is 67.3 Å². The van der Waals surface area contributed by atoms with E-state index in [1.54, 1.807) is 0 Å². The predicted molar refractivity (Wildman–Crippen MR) is 152 cm³/mol. The maximum absolute atomic E-state index is 11.8. The Morgan fingerprint density at radius 3 is 1.70 bits per heavy atom. The van der Waals surface area contributed by atoms with Crippen molar-refractivity contribution in [3.05, 3.63) is 12.7 Å². The van der Waals surface area contributed by atoms with E-state index in [1.165, 1.54) is 10.9 Å². The van der Waals surface area contributed by atoms with Crippen molar-refractivity contribution < 1.29 is 92.0 Å². The third-order valence-corrected chi connectivity index (χ3v) is 9.51. The van der Waals surface area contributed by atoms with E-state index in [9.17, 15) is 28.8 Å². The number of anilines is 1. The van der Waals surface area contributed by atoms with Crippen LogP contribution in [0.5, 0.6) is 0 Å². The van der Waals surface area contributed by atoms with Gasteiger partial charge in [0.2, 0.25) is 0 Å². The summed E-state index contributed by atoms with van der Waals surface area (Å²) < 4.78 is 51.9. The number of aliphatic hydroxyl groups excluding tert-OH is 8. The molecule has 0 radical (unpaired) electrons. The second kappa shape index (κ2) is 17.8. The lowest BCUT2D eigenvalue weighted by atomic mass is 10.1. The average molecular weight is 749 g/mol. The van der Waals surface area contributed by atoms with Gasteiger partial charge in [-0.25, -0.2) is 28.6 Å². The summed E-state index contributed by atoms with van der Waals surface area (Å²) in [6.07, 6.45) is -3.69. The lowest BCUT2D eigenvalue weighted by Crippen LogP contribution is -2.50. The van der Waals surface area contributed by atoms with Crippen molar-refractivity contribution in [2.24, 2.45) is 11.5 Å². The summed E-state index contributed by atoms with van der Waals surface area (Å²) in [5.41, 5.74) is 13.9. The van der Waals surface area contributed by atoms with Crippen molar-refractivity contribution in [2.45, 2.75) is 35.6 Å². The van der Waals surface area contributed by atoms with Gasteiger partial charge in [0.25, 0.3) is 0 Å². The van der Waals surface area contributed by atoms with Crippen LogP contribution in [0, 0.1) is 0 Å². The molecule has 18 N–H and O–H groups in total. The maximum atomic E-state index is 11.8. The van der Waals surface area contributed by atoms with Gasteiger partial charge in [0.05, 0.1) is 63.7 Å². The third-order valence-electron chi connectivity index (χ3n) is 5.71. The lowest BCUT2D eigenvalue weighted by Gasteiger charge is -2.20. The van der Waals surface area contributed by atoms with Gasteiger partial charge in [0.15, 0.2) is 17.7 Å². The molecule has 2 aromatic rings. The molecule has 274 valence electrons. The highest BCUT2D eigenvalue weighted by Crippen LogP contribution is 2.66. The molecule has 1 aliphatic rings. The second-order valence-corrected chi connectivity index (χ2v) is 14.1. The molecule has 29 heteroatoms. The van der Waals surface area contributed by atoms with Crippen LogP contribution in [0.1, 0.15) is 6.23 Å². The van der Waals surface area contributed by atoms with E-state index in [0.717, 1.165) is 6.33 Å². The molecule has 0 amide bonds. The van der Waals surface area contributed by atoms with Gasteiger partial charge in [0, 0.05) is 0 Å². The van der Waals surface area contributed by atoms with Gasteiger partial charge in [0.1, 0.15) is 30.2 Å². The normalized spacial score (nSPS) is 22.9. The number of imidazole rings is 1. The standard InChI is InChI=1S/C10H16N5O13P3.2C4H11NO3/c11-8-5-9(13-2-12-8)15(3-14-5)10-7(17)6(16)4(26-10)1-25-30(21,22)28-31(23,24)27-29(18,19)20;2*5-4(1-6,2-7)3-8/h2-4,6-7,10,16-17H,1H2,(H,21,22)(H,23,24)(H2,11,12,13)(H2,18,19,20);2*6-8H,1-3,5H2/t4-,6+,7?,10-;;/m1../s1. The number of hydrogen-bond acceptors (Lipinski definition) is 21. The third kappa shape index (κ3) is 13.3. The number of rotatable bonds is 14. The van der Waals surface area contributed by atoms with E-state index in [1.807, 2.05) is 0 Å². The Balaban J connectivity index is 0.000000569. The van der Waals surface area contributed by atoms with Crippen LogP contribution in [0.4, 0.5) is 5.82 Å². The van der Waals surface area contributed by atoms with Crippen LogP contribution in [0.15, 0.2) is 12.7 Å². The molecule has 1 saturated heterocycles. The molecule has 0 aromatic carbocycles. The van der Waals surface area contributed by atoms with Crippen molar-refractivity contribution in [3.8, 4) is 0 Å². The zero-order chi connectivity index (χ0) is 36.4. The SMILES string of the molecule is NC(CO)(CO)CO.NC(CO)(CO)CO.Nc1ncnc2c1ncn2[C@@H]1O[C@H](COP(=O)(O)OP(=O)(O)OP(=O)(O)O)[C@H](O)C1O. The van der Waals surface area contributed by atoms with Crippen LogP contribution in [0.3, 0.4) is 0 Å². The Labute approximate surface area is 264 Å². The van der Waals surface area contributed by atoms with E-state index in [2.05, 4.69) is 28.1 Å². The first kappa shape index (κ1) is 43.3. The largest absolute Gasteiger partial charge is 0.490 e. The number of hydrogen-bond donors (Lipinski definition) is 15. The van der Waals surface area contributed by atoms with Crippen LogP contribution >= 0.6 is 23.5 Å². The number of nitrogens with zero attached hydrogens (tertiary/aromatic N) is 4. The van der Waals surface area contributed by atoms with E-state index in [-0.39, 0.29) is 17.0 Å². The molecule has 0 spiro atoms. The number of nitrogens with two attached hydrogens (primary N) is 3. The maximum Gasteiger partial charge on any atom is 0.490 e. The molecular formula is C18H38N7O19P3. The summed E-state index contributed by atoms with van der Waals surface area (Å²) in [5, 5.41) is 70.5. The second-order valence-electron chi connectivity index (χ2n) is 9.69. The fraction of sp³-hybridized carbons (Fsp3) is 0.722. The van der Waals surface area contributed by atoms with Gasteiger partial charge in [-0.2, -0.15) is 8.62 Å². The highest BCUT2D eigenvalue weighted by atomic mass is 31.3. The lowest BCUT2D eigenvalue weighted by molar-refractivity contribution is -0.0503. The highest BCUT2D eigenvalue weighted by Gasteiger charge is 2.47. The number of nitrogen functional groups attached to an aromatic ring is 1. The molecule has 1 aliphatic heterocycles. The molecule has 26 nitrogen and oxygen atoms in total. The zero-order valence-electron chi connectivity index (χ0n) is 24.0. The molecule has 6 atom stereocenters. The summed E-state index contributed by atoms with van der Waals surface area (Å²) in [5.74, 6) is 0.0426. The van der Waals surface area contributed by atoms with Gasteiger partial charge >= 0.3 is 23.5 Å². The van der Waals surface area contributed by atoms with E-state index >= 15 is 0 Å². The van der Waals surface area contributed by atoms with Gasteiger partial charge in [-0.05, 0) is 0 Å². The number of aliphatic hydroxyl groups is 8. The summed E-state index contributed by atoms with van der Waals surface area (Å²) >= 11 is 0. The first-order valence-electron chi connectivity index (χ1n) is 12.5. The minimum atomic E-state index is -5.70. The van der Waals surface area contributed by atoms with Crippen molar-refractivity contribution in [1.82, 2.24) is 19.5 Å². The number of phosphoric ester groups is 1. The minimum Gasteiger partial charge on any atom is -0.394 e. The van der Waals surface area contributed by atoms with Crippen molar-refractivity contribution in [2.75, 3.05) is 52.0 Å². The highest BCUT2D eigenvalue weighted by molar-refractivity contribution is 7.66. The van der Waals surface area contributed by atoms with Gasteiger partial charge < -0.3 is 82.4 Å². The fourth-order valence-electron chi connectivity index (χ4n) is 2.92. The summed E-state index contributed by atoms with van der Waals surface area (Å²) in [4.78, 5) is 47.2. The zero-order valence-corrected chi connectivity index (χ0v) is 26.7. The monoisotopic (exact) mass is 749 g/mol. The van der Waals surface area contributed by atoms with E-state index in [0.29, 0.717) is 0 Å². The van der Waals surface area contributed by atoms with Crippen molar-refractivity contribution in [3.63, 3.8) is 0 Å². The first-order valence-corrected chi connectivity index (χ1v) is 17.0. The predicted octanol–water partition coefficient (Wildman–Crippen LogP) is -6.31. The molecule has 1 fully saturated rings. The van der Waals surface area contributed by atoms with Crippen LogP contribution in [0.2, 0.25) is 0 Å². The van der Waals surface area contributed by atoms with E-state index < -0.39 is 105 Å².